The number of hydrogen-bond acceptors (Lipinski definition) is 4. The van der Waals surface area contributed by atoms with Crippen LogP contribution in [0.15, 0.2) is 39.9 Å². The van der Waals surface area contributed by atoms with Crippen LogP contribution in [0.2, 0.25) is 0 Å². The monoisotopic (exact) mass is 388 g/mol. The maximum Gasteiger partial charge on any atom is 0.328 e. The summed E-state index contributed by atoms with van der Waals surface area (Å²) in [5.41, 5.74) is -0.992. The number of rotatable bonds is 4. The molecule has 0 bridgehead atoms. The molecule has 0 saturated carbocycles. The van der Waals surface area contributed by atoms with Crippen molar-refractivity contribution in [2.45, 2.75) is 13.5 Å². The summed E-state index contributed by atoms with van der Waals surface area (Å²) in [6.07, 6.45) is 0. The van der Waals surface area contributed by atoms with E-state index in [0.717, 1.165) is 16.7 Å². The molecule has 3 aromatic rings. The van der Waals surface area contributed by atoms with Crippen LogP contribution in [0, 0.1) is 11.6 Å². The van der Waals surface area contributed by atoms with Crippen LogP contribution in [0.25, 0.3) is 10.9 Å². The van der Waals surface area contributed by atoms with Crippen LogP contribution in [-0.4, -0.2) is 29.6 Å². The second kappa shape index (κ2) is 7.26. The summed E-state index contributed by atoms with van der Waals surface area (Å²) in [5.74, 6) is -2.27. The molecule has 3 rings (SSSR count). The summed E-state index contributed by atoms with van der Waals surface area (Å²) in [6, 6.07) is 6.19. The number of H-pyrrole nitrogens is 1. The average Bonchev–Trinajstić information content (AvgIpc) is 2.60. The van der Waals surface area contributed by atoms with Crippen LogP contribution in [0.5, 0.6) is 0 Å². The van der Waals surface area contributed by atoms with Gasteiger partial charge in [-0.1, -0.05) is 0 Å². The number of carbonyl (C=O) groups excluding carboxylic acids is 1. The highest BCUT2D eigenvalue weighted by Gasteiger charge is 2.16. The Morgan fingerprint density at radius 1 is 1.14 bits per heavy atom. The van der Waals surface area contributed by atoms with Gasteiger partial charge in [0.05, 0.1) is 10.9 Å². The molecule has 2 aromatic carbocycles. The highest BCUT2D eigenvalue weighted by molar-refractivity contribution is 6.06. The number of nitrogens with one attached hydrogen (secondary N) is 2. The molecule has 9 heteroatoms. The zero-order valence-corrected chi connectivity index (χ0v) is 15.5. The maximum atomic E-state index is 14.1. The fraction of sp³-hybridized carbons (Fsp3) is 0.211. The summed E-state index contributed by atoms with van der Waals surface area (Å²) in [7, 11) is 3.00. The van der Waals surface area contributed by atoms with Gasteiger partial charge in [0.25, 0.3) is 11.5 Å². The smallest absolute Gasteiger partial charge is 0.328 e. The van der Waals surface area contributed by atoms with Gasteiger partial charge in [0.15, 0.2) is 11.6 Å². The number of aromatic nitrogens is 2. The largest absolute Gasteiger partial charge is 0.373 e. The molecule has 1 aromatic heterocycles. The molecule has 0 aliphatic rings. The van der Waals surface area contributed by atoms with Gasteiger partial charge in [0, 0.05) is 31.9 Å². The van der Waals surface area contributed by atoms with E-state index in [4.69, 9.17) is 0 Å². The fourth-order valence-corrected chi connectivity index (χ4v) is 2.95. The van der Waals surface area contributed by atoms with Gasteiger partial charge in [-0.2, -0.15) is 0 Å². The number of benzene rings is 2. The molecule has 0 radical (unpaired) electrons. The van der Waals surface area contributed by atoms with Gasteiger partial charge in [0.1, 0.15) is 5.69 Å². The van der Waals surface area contributed by atoms with Crippen molar-refractivity contribution < 1.29 is 13.6 Å². The lowest BCUT2D eigenvalue weighted by Gasteiger charge is -2.16. The highest BCUT2D eigenvalue weighted by Crippen LogP contribution is 2.26. The lowest BCUT2D eigenvalue weighted by molar-refractivity contribution is 0.102. The Morgan fingerprint density at radius 2 is 1.79 bits per heavy atom. The Balaban J connectivity index is 1.96. The van der Waals surface area contributed by atoms with Crippen molar-refractivity contribution in [2.24, 2.45) is 0 Å². The minimum absolute atomic E-state index is 0.0550. The molecule has 7 nitrogen and oxygen atoms in total. The van der Waals surface area contributed by atoms with Gasteiger partial charge in [0.2, 0.25) is 0 Å². The van der Waals surface area contributed by atoms with E-state index in [1.807, 2.05) is 0 Å². The molecule has 146 valence electrons. The Kier molecular flexibility index (Phi) is 5.00. The molecule has 1 heterocycles. The molecule has 0 saturated heterocycles. The number of fused-ring (bicyclic) bond motifs is 1. The van der Waals surface area contributed by atoms with E-state index in [9.17, 15) is 23.2 Å². The van der Waals surface area contributed by atoms with Crippen molar-refractivity contribution in [3.63, 3.8) is 0 Å². The topological polar surface area (TPSA) is 87.2 Å². The molecule has 0 unspecified atom stereocenters. The van der Waals surface area contributed by atoms with Gasteiger partial charge < -0.3 is 15.2 Å². The third-order valence-corrected chi connectivity index (χ3v) is 4.28. The number of aromatic amines is 1. The summed E-state index contributed by atoms with van der Waals surface area (Å²) in [6.45, 7) is 1.89. The lowest BCUT2D eigenvalue weighted by Crippen LogP contribution is -2.34. The minimum atomic E-state index is -0.816. The van der Waals surface area contributed by atoms with Crippen molar-refractivity contribution in [1.82, 2.24) is 9.55 Å². The molecule has 0 atom stereocenters. The van der Waals surface area contributed by atoms with E-state index in [-0.39, 0.29) is 34.4 Å². The number of hydrogen-bond donors (Lipinski definition) is 2. The van der Waals surface area contributed by atoms with Gasteiger partial charge in [-0.05, 0) is 37.3 Å². The third kappa shape index (κ3) is 3.38. The van der Waals surface area contributed by atoms with Crippen LogP contribution >= 0.6 is 0 Å². The van der Waals surface area contributed by atoms with Crippen molar-refractivity contribution in [3.8, 4) is 0 Å². The SMILES string of the molecule is CCn1c(=O)[nH]c2cc(C(=O)Nc3cc(F)c(N(C)C)c(F)c3)ccc2c1=O. The first-order chi connectivity index (χ1) is 13.2. The summed E-state index contributed by atoms with van der Waals surface area (Å²) >= 11 is 0. The lowest BCUT2D eigenvalue weighted by atomic mass is 10.1. The van der Waals surface area contributed by atoms with E-state index in [1.54, 1.807) is 6.92 Å². The Bertz CT molecular complexity index is 1170. The normalized spacial score (nSPS) is 10.9. The average molecular weight is 388 g/mol. The number of anilines is 2. The first kappa shape index (κ1) is 19.3. The van der Waals surface area contributed by atoms with Gasteiger partial charge in [-0.25, -0.2) is 13.6 Å². The number of halogens is 2. The molecule has 1 amide bonds. The first-order valence-corrected chi connectivity index (χ1v) is 8.47. The molecule has 28 heavy (non-hydrogen) atoms. The predicted molar refractivity (Wildman–Crippen MR) is 103 cm³/mol. The molecule has 0 aliphatic carbocycles. The summed E-state index contributed by atoms with van der Waals surface area (Å²) in [4.78, 5) is 40.5. The second-order valence-electron chi connectivity index (χ2n) is 6.38. The van der Waals surface area contributed by atoms with Gasteiger partial charge in [-0.3, -0.25) is 14.2 Å². The first-order valence-electron chi connectivity index (χ1n) is 8.47. The van der Waals surface area contributed by atoms with Crippen LogP contribution in [0.3, 0.4) is 0 Å². The van der Waals surface area contributed by atoms with Crippen molar-refractivity contribution in [1.29, 1.82) is 0 Å². The summed E-state index contributed by atoms with van der Waals surface area (Å²) < 4.78 is 29.2. The zero-order chi connectivity index (χ0) is 20.6. The van der Waals surface area contributed by atoms with Crippen molar-refractivity contribution in [2.75, 3.05) is 24.3 Å². The number of amides is 1. The number of carbonyl (C=O) groups is 1. The van der Waals surface area contributed by atoms with Gasteiger partial charge >= 0.3 is 5.69 Å². The minimum Gasteiger partial charge on any atom is -0.373 e. The highest BCUT2D eigenvalue weighted by atomic mass is 19.1. The zero-order valence-electron chi connectivity index (χ0n) is 15.5. The third-order valence-electron chi connectivity index (χ3n) is 4.28. The molecule has 2 N–H and O–H groups in total. The van der Waals surface area contributed by atoms with Crippen LogP contribution in [0.4, 0.5) is 20.2 Å². The Labute approximate surface area is 158 Å². The standard InChI is InChI=1S/C19H18F2N4O3/c1-4-25-18(27)12-6-5-10(7-15(12)23-19(25)28)17(26)22-11-8-13(20)16(24(2)3)14(21)9-11/h5-9H,4H2,1-3H3,(H,22,26)(H,23,28). The van der Waals surface area contributed by atoms with E-state index in [2.05, 4.69) is 10.3 Å². The summed E-state index contributed by atoms with van der Waals surface area (Å²) in [5, 5.41) is 2.66. The molecule has 0 aliphatic heterocycles. The fourth-order valence-electron chi connectivity index (χ4n) is 2.95. The van der Waals surface area contributed by atoms with Gasteiger partial charge in [-0.15, -0.1) is 0 Å². The Hall–Kier alpha value is -3.49. The molecule has 0 fully saturated rings. The van der Waals surface area contributed by atoms with E-state index >= 15 is 0 Å². The Morgan fingerprint density at radius 3 is 2.36 bits per heavy atom. The van der Waals surface area contributed by atoms with Crippen molar-refractivity contribution in [3.05, 3.63) is 68.4 Å². The van der Waals surface area contributed by atoms with Crippen LogP contribution < -0.4 is 21.5 Å². The molecule has 0 spiro atoms. The second-order valence-corrected chi connectivity index (χ2v) is 6.38. The van der Waals surface area contributed by atoms with E-state index in [0.29, 0.717) is 0 Å². The molecular weight excluding hydrogens is 370 g/mol. The quantitative estimate of drug-likeness (QED) is 0.718. The maximum absolute atomic E-state index is 14.1. The molecular formula is C19H18F2N4O3. The van der Waals surface area contributed by atoms with E-state index in [1.165, 1.54) is 37.2 Å². The van der Waals surface area contributed by atoms with Crippen LogP contribution in [0.1, 0.15) is 17.3 Å². The number of nitrogens with zero attached hydrogens (tertiary/aromatic N) is 2. The van der Waals surface area contributed by atoms with E-state index < -0.39 is 28.8 Å². The predicted octanol–water partition coefficient (Wildman–Crippen LogP) is 2.31. The van der Waals surface area contributed by atoms with Crippen LogP contribution in [-0.2, 0) is 6.54 Å². The van der Waals surface area contributed by atoms with Crippen molar-refractivity contribution >= 4 is 28.2 Å².